The molecule has 0 saturated heterocycles. The monoisotopic (exact) mass is 273 g/mol. The minimum Gasteiger partial charge on any atom is -0.483 e. The van der Waals surface area contributed by atoms with E-state index in [0.29, 0.717) is 17.0 Å². The summed E-state index contributed by atoms with van der Waals surface area (Å²) >= 11 is 0. The van der Waals surface area contributed by atoms with E-state index in [1.54, 1.807) is 6.20 Å². The first kappa shape index (κ1) is 14.8. The van der Waals surface area contributed by atoms with Crippen LogP contribution in [0.2, 0.25) is 0 Å². The molecule has 108 valence electrons. The number of rotatable bonds is 6. The van der Waals surface area contributed by atoms with Gasteiger partial charge in [0.25, 0.3) is 0 Å². The molecule has 0 aromatic carbocycles. The van der Waals surface area contributed by atoms with Crippen LogP contribution in [0.4, 0.5) is 0 Å². The van der Waals surface area contributed by atoms with E-state index >= 15 is 0 Å². The molecule has 0 saturated carbocycles. The van der Waals surface area contributed by atoms with Gasteiger partial charge in [-0.25, -0.2) is 0 Å². The molecular weight excluding hydrogens is 250 g/mol. The van der Waals surface area contributed by atoms with Gasteiger partial charge in [0.05, 0.1) is 11.3 Å². The molecule has 1 aromatic rings. The van der Waals surface area contributed by atoms with Crippen LogP contribution in [0, 0.1) is 0 Å². The highest BCUT2D eigenvalue weighted by atomic mass is 16.5. The fraction of sp³-hybridized carbons (Fsp3) is 0.529. The number of hydrogen-bond acceptors (Lipinski definition) is 3. The van der Waals surface area contributed by atoms with Crippen LogP contribution in [-0.2, 0) is 9.53 Å². The number of unbranched alkanes of at least 4 members (excludes halogenated alkanes) is 3. The third-order valence-corrected chi connectivity index (χ3v) is 3.87. The lowest BCUT2D eigenvalue weighted by Gasteiger charge is -2.23. The van der Waals surface area contributed by atoms with E-state index in [-0.39, 0.29) is 5.78 Å². The summed E-state index contributed by atoms with van der Waals surface area (Å²) in [5.74, 6) is 0.775. The summed E-state index contributed by atoms with van der Waals surface area (Å²) in [4.78, 5) is 17.0. The predicted molar refractivity (Wildman–Crippen MR) is 80.1 cm³/mol. The van der Waals surface area contributed by atoms with E-state index in [2.05, 4.69) is 11.9 Å². The Balaban J connectivity index is 2.10. The smallest absolute Gasteiger partial charge is 0.211 e. The van der Waals surface area contributed by atoms with Crippen molar-refractivity contribution in [2.75, 3.05) is 0 Å². The molecule has 20 heavy (non-hydrogen) atoms. The topological polar surface area (TPSA) is 39.2 Å². The molecule has 0 fully saturated rings. The summed E-state index contributed by atoms with van der Waals surface area (Å²) in [6.07, 6.45) is 7.07. The van der Waals surface area contributed by atoms with Gasteiger partial charge < -0.3 is 4.74 Å². The molecule has 1 aliphatic heterocycles. The van der Waals surface area contributed by atoms with Crippen molar-refractivity contribution in [3.63, 3.8) is 0 Å². The first-order valence-electron chi connectivity index (χ1n) is 7.44. The molecular formula is C17H23NO2. The van der Waals surface area contributed by atoms with E-state index in [4.69, 9.17) is 4.74 Å². The molecule has 2 heterocycles. The lowest BCUT2D eigenvalue weighted by molar-refractivity contribution is -0.128. The molecule has 1 aliphatic rings. The van der Waals surface area contributed by atoms with Crippen molar-refractivity contribution >= 4 is 11.4 Å². The zero-order chi connectivity index (χ0) is 14.6. The van der Waals surface area contributed by atoms with Crippen molar-refractivity contribution in [1.82, 2.24) is 4.98 Å². The van der Waals surface area contributed by atoms with Gasteiger partial charge in [0, 0.05) is 6.20 Å². The molecule has 2 rings (SSSR count). The van der Waals surface area contributed by atoms with Gasteiger partial charge in [0.1, 0.15) is 5.76 Å². The van der Waals surface area contributed by atoms with E-state index in [1.165, 1.54) is 12.8 Å². The van der Waals surface area contributed by atoms with Gasteiger partial charge in [-0.2, -0.15) is 0 Å². The number of pyridine rings is 1. The average molecular weight is 273 g/mol. The lowest BCUT2D eigenvalue weighted by atomic mass is 9.89. The zero-order valence-corrected chi connectivity index (χ0v) is 12.6. The maximum atomic E-state index is 12.7. The number of hydrogen-bond donors (Lipinski definition) is 0. The Kier molecular flexibility index (Phi) is 4.58. The second-order valence-electron chi connectivity index (χ2n) is 5.62. The lowest BCUT2D eigenvalue weighted by Crippen LogP contribution is -2.33. The van der Waals surface area contributed by atoms with Crippen LogP contribution in [0.25, 0.3) is 5.57 Å². The van der Waals surface area contributed by atoms with E-state index in [9.17, 15) is 4.79 Å². The summed E-state index contributed by atoms with van der Waals surface area (Å²) in [5, 5.41) is 0. The molecule has 3 nitrogen and oxygen atoms in total. The molecule has 0 spiro atoms. The summed E-state index contributed by atoms with van der Waals surface area (Å²) in [6, 6.07) is 5.61. The molecule has 0 radical (unpaired) electrons. The quantitative estimate of drug-likeness (QED) is 0.731. The van der Waals surface area contributed by atoms with Gasteiger partial charge in [-0.15, -0.1) is 0 Å². The van der Waals surface area contributed by atoms with Crippen LogP contribution < -0.4 is 0 Å². The third kappa shape index (κ3) is 2.92. The number of Topliss-reactive ketones (excluding diaryl/α,β-unsaturated/α-hetero) is 1. The van der Waals surface area contributed by atoms with Crippen molar-refractivity contribution in [3.05, 3.63) is 35.8 Å². The summed E-state index contributed by atoms with van der Waals surface area (Å²) < 4.78 is 5.90. The van der Waals surface area contributed by atoms with E-state index in [1.807, 2.05) is 32.0 Å². The number of allylic oxidation sites excluding steroid dienone is 1. The van der Waals surface area contributed by atoms with Crippen LogP contribution in [0.5, 0.6) is 0 Å². The Morgan fingerprint density at radius 2 is 2.05 bits per heavy atom. The van der Waals surface area contributed by atoms with Gasteiger partial charge in [0.2, 0.25) is 5.78 Å². The van der Waals surface area contributed by atoms with Crippen LogP contribution in [0.1, 0.15) is 58.6 Å². The van der Waals surface area contributed by atoms with Gasteiger partial charge in [-0.05, 0) is 38.8 Å². The highest BCUT2D eigenvalue weighted by Crippen LogP contribution is 2.38. The van der Waals surface area contributed by atoms with Crippen LogP contribution in [-0.4, -0.2) is 16.4 Å². The van der Waals surface area contributed by atoms with Crippen LogP contribution in [0.15, 0.2) is 30.2 Å². The normalized spacial score (nSPS) is 22.2. The van der Waals surface area contributed by atoms with Crippen molar-refractivity contribution in [2.45, 2.75) is 58.5 Å². The molecule has 0 bridgehead atoms. The molecule has 3 heteroatoms. The standard InChI is InChI=1S/C17H23NO2/c1-4-5-6-8-11-17(3)16(19)15(13(2)20-17)14-10-7-9-12-18-14/h7,9-10,12H,4-6,8,11H2,1-3H3. The SMILES string of the molecule is CCCCCCC1(C)OC(C)=C(c2ccccn2)C1=O. The van der Waals surface area contributed by atoms with Gasteiger partial charge in [-0.1, -0.05) is 32.3 Å². The number of carbonyl (C=O) groups is 1. The molecule has 1 atom stereocenters. The van der Waals surface area contributed by atoms with E-state index < -0.39 is 5.60 Å². The second-order valence-corrected chi connectivity index (χ2v) is 5.62. The van der Waals surface area contributed by atoms with Crippen LogP contribution in [0.3, 0.4) is 0 Å². The van der Waals surface area contributed by atoms with Crippen molar-refractivity contribution in [2.24, 2.45) is 0 Å². The minimum absolute atomic E-state index is 0.0743. The second kappa shape index (κ2) is 6.21. The number of carbonyl (C=O) groups excluding carboxylic acids is 1. The first-order valence-corrected chi connectivity index (χ1v) is 7.44. The largest absolute Gasteiger partial charge is 0.483 e. The van der Waals surface area contributed by atoms with Crippen molar-refractivity contribution in [1.29, 1.82) is 0 Å². The molecule has 1 aromatic heterocycles. The maximum absolute atomic E-state index is 12.7. The molecule has 0 amide bonds. The summed E-state index contributed by atoms with van der Waals surface area (Å²) in [6.45, 7) is 5.95. The minimum atomic E-state index is -0.704. The zero-order valence-electron chi connectivity index (χ0n) is 12.6. The van der Waals surface area contributed by atoms with Gasteiger partial charge in [-0.3, -0.25) is 9.78 Å². The molecule has 0 aliphatic carbocycles. The fourth-order valence-corrected chi connectivity index (χ4v) is 2.72. The number of nitrogens with zero attached hydrogens (tertiary/aromatic N) is 1. The third-order valence-electron chi connectivity index (χ3n) is 3.87. The maximum Gasteiger partial charge on any atom is 0.211 e. The Labute approximate surface area is 121 Å². The summed E-state index contributed by atoms with van der Waals surface area (Å²) in [5.41, 5.74) is 0.654. The number of ether oxygens (including phenoxy) is 1. The Morgan fingerprint density at radius 3 is 2.70 bits per heavy atom. The van der Waals surface area contributed by atoms with Crippen molar-refractivity contribution in [3.8, 4) is 0 Å². The summed E-state index contributed by atoms with van der Waals surface area (Å²) in [7, 11) is 0. The Bertz CT molecular complexity index is 507. The first-order chi connectivity index (χ1) is 9.58. The molecule has 0 N–H and O–H groups in total. The number of aromatic nitrogens is 1. The highest BCUT2D eigenvalue weighted by Gasteiger charge is 2.44. The average Bonchev–Trinajstić information content (AvgIpc) is 2.66. The Morgan fingerprint density at radius 1 is 1.25 bits per heavy atom. The number of ketones is 1. The van der Waals surface area contributed by atoms with Gasteiger partial charge >= 0.3 is 0 Å². The van der Waals surface area contributed by atoms with Crippen molar-refractivity contribution < 1.29 is 9.53 Å². The predicted octanol–water partition coefficient (Wildman–Crippen LogP) is 4.14. The van der Waals surface area contributed by atoms with Gasteiger partial charge in [0.15, 0.2) is 5.60 Å². The fourth-order valence-electron chi connectivity index (χ4n) is 2.72. The Hall–Kier alpha value is -1.64. The van der Waals surface area contributed by atoms with E-state index in [0.717, 1.165) is 19.3 Å². The molecule has 1 unspecified atom stereocenters. The highest BCUT2D eigenvalue weighted by molar-refractivity contribution is 6.26. The van der Waals surface area contributed by atoms with Crippen LogP contribution >= 0.6 is 0 Å².